The average Bonchev–Trinajstić information content (AvgIpc) is 3.22. The molecule has 31 heavy (non-hydrogen) atoms. The van der Waals surface area contributed by atoms with E-state index in [1.165, 1.54) is 12.0 Å². The number of rotatable bonds is 10. The molecule has 4 amide bonds. The van der Waals surface area contributed by atoms with Crippen molar-refractivity contribution in [2.75, 3.05) is 26.7 Å². The van der Waals surface area contributed by atoms with Crippen molar-refractivity contribution < 1.29 is 28.7 Å². The van der Waals surface area contributed by atoms with E-state index in [1.807, 2.05) is 13.8 Å². The number of ether oxygens (including phenoxy) is 1. The van der Waals surface area contributed by atoms with Crippen molar-refractivity contribution in [3.8, 4) is 0 Å². The predicted octanol–water partition coefficient (Wildman–Crippen LogP) is -1.49. The van der Waals surface area contributed by atoms with E-state index in [9.17, 15) is 24.0 Å². The molecule has 0 aromatic heterocycles. The summed E-state index contributed by atoms with van der Waals surface area (Å²) in [5.74, 6) is -2.72. The Bertz CT molecular complexity index is 681. The van der Waals surface area contributed by atoms with Gasteiger partial charge < -0.3 is 31.3 Å². The minimum Gasteiger partial charge on any atom is -0.468 e. The highest BCUT2D eigenvalue weighted by molar-refractivity contribution is 5.94. The van der Waals surface area contributed by atoms with Gasteiger partial charge in [-0.2, -0.15) is 0 Å². The van der Waals surface area contributed by atoms with Crippen molar-refractivity contribution in [3.63, 3.8) is 0 Å². The first-order chi connectivity index (χ1) is 14.5. The summed E-state index contributed by atoms with van der Waals surface area (Å²) in [7, 11) is 1.20. The van der Waals surface area contributed by atoms with E-state index in [1.54, 1.807) is 13.8 Å². The molecule has 11 nitrogen and oxygen atoms in total. The Hall–Kier alpha value is -2.69. The molecule has 1 rings (SSSR count). The molecule has 0 bridgehead atoms. The molecule has 1 heterocycles. The molecule has 0 aromatic carbocycles. The van der Waals surface area contributed by atoms with Gasteiger partial charge in [0.25, 0.3) is 0 Å². The Balaban J connectivity index is 2.61. The van der Waals surface area contributed by atoms with E-state index in [2.05, 4.69) is 20.7 Å². The van der Waals surface area contributed by atoms with Gasteiger partial charge in [-0.25, -0.2) is 0 Å². The number of hydrogen-bond acceptors (Lipinski definition) is 7. The number of nitrogens with zero attached hydrogens (tertiary/aromatic N) is 1. The SMILES string of the molecule is COC(=O)CNC(=O)[C@@H](NC(=O)CNC(=O)[C@@H]1CCCN1C(=O)[C@@H](N)C(C)C)C(C)C. The number of methoxy groups -OCH3 is 1. The summed E-state index contributed by atoms with van der Waals surface area (Å²) < 4.78 is 4.46. The number of nitrogens with two attached hydrogens (primary N) is 1. The third kappa shape index (κ3) is 7.82. The van der Waals surface area contributed by atoms with Gasteiger partial charge in [0, 0.05) is 6.54 Å². The lowest BCUT2D eigenvalue weighted by Gasteiger charge is -2.28. The van der Waals surface area contributed by atoms with Crippen LogP contribution in [0.5, 0.6) is 0 Å². The molecule has 5 N–H and O–H groups in total. The fourth-order valence-corrected chi connectivity index (χ4v) is 3.17. The summed E-state index contributed by atoms with van der Waals surface area (Å²) in [6.07, 6.45) is 1.17. The van der Waals surface area contributed by atoms with Gasteiger partial charge in [-0.15, -0.1) is 0 Å². The monoisotopic (exact) mass is 441 g/mol. The van der Waals surface area contributed by atoms with Gasteiger partial charge in [-0.1, -0.05) is 27.7 Å². The zero-order valence-electron chi connectivity index (χ0n) is 18.9. The molecular weight excluding hydrogens is 406 g/mol. The van der Waals surface area contributed by atoms with Crippen LogP contribution in [-0.2, 0) is 28.7 Å². The van der Waals surface area contributed by atoms with Crippen LogP contribution in [0.1, 0.15) is 40.5 Å². The number of carbonyl (C=O) groups is 5. The fourth-order valence-electron chi connectivity index (χ4n) is 3.17. The van der Waals surface area contributed by atoms with Gasteiger partial charge >= 0.3 is 5.97 Å². The molecule has 0 spiro atoms. The Kier molecular flexibility index (Phi) is 10.4. The Morgan fingerprint density at radius 1 is 1.03 bits per heavy atom. The van der Waals surface area contributed by atoms with Gasteiger partial charge in [-0.05, 0) is 24.7 Å². The number of carbonyl (C=O) groups excluding carboxylic acids is 5. The van der Waals surface area contributed by atoms with Crippen molar-refractivity contribution in [2.45, 2.75) is 58.7 Å². The zero-order valence-corrected chi connectivity index (χ0v) is 18.9. The Morgan fingerprint density at radius 3 is 2.23 bits per heavy atom. The summed E-state index contributed by atoms with van der Waals surface area (Å²) >= 11 is 0. The molecule has 1 aliphatic rings. The second-order valence-corrected chi connectivity index (χ2v) is 8.26. The molecule has 0 radical (unpaired) electrons. The first-order valence-corrected chi connectivity index (χ1v) is 10.5. The van der Waals surface area contributed by atoms with Gasteiger partial charge in [0.1, 0.15) is 18.6 Å². The van der Waals surface area contributed by atoms with Crippen molar-refractivity contribution in [1.82, 2.24) is 20.9 Å². The highest BCUT2D eigenvalue weighted by Gasteiger charge is 2.37. The van der Waals surface area contributed by atoms with Crippen molar-refractivity contribution >= 4 is 29.6 Å². The van der Waals surface area contributed by atoms with E-state index in [0.717, 1.165) is 0 Å². The maximum Gasteiger partial charge on any atom is 0.325 e. The van der Waals surface area contributed by atoms with Gasteiger partial charge in [0.05, 0.1) is 19.7 Å². The van der Waals surface area contributed by atoms with Crippen molar-refractivity contribution in [1.29, 1.82) is 0 Å². The lowest BCUT2D eigenvalue weighted by molar-refractivity contribution is -0.141. The predicted molar refractivity (Wildman–Crippen MR) is 112 cm³/mol. The van der Waals surface area contributed by atoms with Crippen LogP contribution in [0, 0.1) is 11.8 Å². The lowest BCUT2D eigenvalue weighted by atomic mass is 10.0. The highest BCUT2D eigenvalue weighted by Crippen LogP contribution is 2.19. The van der Waals surface area contributed by atoms with Crippen LogP contribution >= 0.6 is 0 Å². The van der Waals surface area contributed by atoms with Gasteiger partial charge in [0.2, 0.25) is 23.6 Å². The van der Waals surface area contributed by atoms with Crippen LogP contribution in [-0.4, -0.2) is 79.4 Å². The van der Waals surface area contributed by atoms with Gasteiger partial charge in [0.15, 0.2) is 0 Å². The second-order valence-electron chi connectivity index (χ2n) is 8.26. The normalized spacial score (nSPS) is 17.8. The largest absolute Gasteiger partial charge is 0.468 e. The molecule has 176 valence electrons. The van der Waals surface area contributed by atoms with Crippen LogP contribution in [0.25, 0.3) is 0 Å². The van der Waals surface area contributed by atoms with E-state index in [-0.39, 0.29) is 30.8 Å². The minimum absolute atomic E-state index is 0.0547. The molecule has 3 atom stereocenters. The van der Waals surface area contributed by atoms with E-state index in [0.29, 0.717) is 19.4 Å². The molecule has 0 unspecified atom stereocenters. The first kappa shape index (κ1) is 26.3. The van der Waals surface area contributed by atoms with Gasteiger partial charge in [-0.3, -0.25) is 24.0 Å². The average molecular weight is 442 g/mol. The summed E-state index contributed by atoms with van der Waals surface area (Å²) in [6, 6.07) is -2.25. The molecule has 0 aromatic rings. The maximum absolute atomic E-state index is 12.6. The van der Waals surface area contributed by atoms with Crippen LogP contribution in [0.2, 0.25) is 0 Å². The maximum atomic E-state index is 12.6. The standard InChI is InChI=1S/C20H35N5O6/c1-11(2)16(21)20(30)25-8-6-7-13(25)18(28)22-9-14(26)24-17(12(3)4)19(29)23-10-15(27)31-5/h11-13,16-17H,6-10,21H2,1-5H3,(H,22,28)(H,23,29)(H,24,26)/t13-,16-,17-/m0/s1. The van der Waals surface area contributed by atoms with Crippen molar-refractivity contribution in [3.05, 3.63) is 0 Å². The highest BCUT2D eigenvalue weighted by atomic mass is 16.5. The summed E-state index contributed by atoms with van der Waals surface area (Å²) in [5.41, 5.74) is 5.93. The number of likely N-dealkylation sites (tertiary alicyclic amines) is 1. The number of nitrogens with one attached hydrogen (secondary N) is 3. The smallest absolute Gasteiger partial charge is 0.325 e. The number of esters is 1. The number of amides is 4. The second kappa shape index (κ2) is 12.2. The minimum atomic E-state index is -0.886. The molecule has 1 fully saturated rings. The fraction of sp³-hybridized carbons (Fsp3) is 0.750. The molecule has 1 aliphatic heterocycles. The first-order valence-electron chi connectivity index (χ1n) is 10.5. The van der Waals surface area contributed by atoms with Crippen LogP contribution < -0.4 is 21.7 Å². The van der Waals surface area contributed by atoms with Crippen molar-refractivity contribution in [2.24, 2.45) is 17.6 Å². The lowest BCUT2D eigenvalue weighted by Crippen LogP contribution is -2.55. The quantitative estimate of drug-likeness (QED) is 0.300. The van der Waals surface area contributed by atoms with E-state index >= 15 is 0 Å². The molecule has 1 saturated heterocycles. The Labute approximate surface area is 182 Å². The third-order valence-corrected chi connectivity index (χ3v) is 5.17. The van der Waals surface area contributed by atoms with E-state index < -0.39 is 41.8 Å². The molecule has 0 saturated carbocycles. The Morgan fingerprint density at radius 2 is 1.68 bits per heavy atom. The third-order valence-electron chi connectivity index (χ3n) is 5.17. The topological polar surface area (TPSA) is 160 Å². The van der Waals surface area contributed by atoms with E-state index in [4.69, 9.17) is 5.73 Å². The summed E-state index contributed by atoms with van der Waals surface area (Å²) in [6.45, 7) is 6.94. The summed E-state index contributed by atoms with van der Waals surface area (Å²) in [5, 5.41) is 7.48. The summed E-state index contributed by atoms with van der Waals surface area (Å²) in [4.78, 5) is 62.3. The number of hydrogen-bond donors (Lipinski definition) is 4. The molecule has 0 aliphatic carbocycles. The molecular formula is C20H35N5O6. The zero-order chi connectivity index (χ0) is 23.7. The van der Waals surface area contributed by atoms with Crippen LogP contribution in [0.3, 0.4) is 0 Å². The molecule has 11 heteroatoms. The van der Waals surface area contributed by atoms with Crippen LogP contribution in [0.4, 0.5) is 0 Å². The van der Waals surface area contributed by atoms with Crippen LogP contribution in [0.15, 0.2) is 0 Å².